The molecule has 1 saturated heterocycles. The second kappa shape index (κ2) is 5.77. The average molecular weight is 299 g/mol. The van der Waals surface area contributed by atoms with E-state index in [1.165, 1.54) is 18.2 Å². The highest BCUT2D eigenvalue weighted by Crippen LogP contribution is 2.21. The third kappa shape index (κ3) is 3.19. The van der Waals surface area contributed by atoms with Crippen molar-refractivity contribution in [1.82, 2.24) is 15.2 Å². The number of aromatic nitrogens is 1. The van der Waals surface area contributed by atoms with Gasteiger partial charge >= 0.3 is 6.09 Å². The van der Waals surface area contributed by atoms with Crippen LogP contribution < -0.4 is 5.32 Å². The first-order valence-corrected chi connectivity index (χ1v) is 6.17. The normalized spacial score (nSPS) is 30.0. The summed E-state index contributed by atoms with van der Waals surface area (Å²) < 4.78 is 99.8. The maximum absolute atomic E-state index is 11.3. The molecule has 0 aliphatic carbocycles. The highest BCUT2D eigenvalue weighted by molar-refractivity contribution is 5.84. The van der Waals surface area contributed by atoms with Crippen molar-refractivity contribution < 1.29 is 26.0 Å². The number of fused-ring (bicyclic) bond motifs is 1. The van der Waals surface area contributed by atoms with Crippen molar-refractivity contribution in [3.63, 3.8) is 0 Å². The van der Waals surface area contributed by atoms with Gasteiger partial charge < -0.3 is 19.9 Å². The van der Waals surface area contributed by atoms with Crippen LogP contribution in [-0.2, 0) is 17.5 Å². The summed E-state index contributed by atoms with van der Waals surface area (Å²) >= 11 is 0. The van der Waals surface area contributed by atoms with Gasteiger partial charge in [-0.05, 0) is 50.0 Å². The lowest BCUT2D eigenvalue weighted by molar-refractivity contribution is 0.177. The third-order valence-corrected chi connectivity index (χ3v) is 3.00. The van der Waals surface area contributed by atoms with Gasteiger partial charge in [-0.25, -0.2) is 4.79 Å². The van der Waals surface area contributed by atoms with E-state index in [1.807, 2.05) is 0 Å². The Morgan fingerprint density at radius 2 is 2.43 bits per heavy atom. The number of hydrogen-bond donors (Lipinski definition) is 2. The molecule has 0 unspecified atom stereocenters. The summed E-state index contributed by atoms with van der Waals surface area (Å²) in [6.07, 6.45) is -5.01. The van der Waals surface area contributed by atoms with Crippen LogP contribution in [0, 0.1) is 0 Å². The number of alkyl carbamates (subject to hydrolysis) is 1. The minimum absolute atomic E-state index is 0.0199. The molecule has 1 aliphatic rings. The number of hydrogen-bond acceptors (Lipinski definition) is 3. The van der Waals surface area contributed by atoms with Crippen LogP contribution in [0.3, 0.4) is 0 Å². The number of aromatic amines is 1. The summed E-state index contributed by atoms with van der Waals surface area (Å²) in [5.74, 6) is 0. The second-order valence-corrected chi connectivity index (χ2v) is 4.47. The van der Waals surface area contributed by atoms with E-state index in [0.29, 0.717) is 0 Å². The van der Waals surface area contributed by atoms with Crippen LogP contribution in [0.4, 0.5) is 4.79 Å². The molecule has 1 fully saturated rings. The Kier molecular flexibility index (Phi) is 1.55. The molecule has 2 heterocycles. The minimum Gasteiger partial charge on any atom is -0.447 e. The molecule has 21 heavy (non-hydrogen) atoms. The van der Waals surface area contributed by atoms with Crippen LogP contribution in [-0.4, -0.2) is 49.1 Å². The van der Waals surface area contributed by atoms with Gasteiger partial charge in [0, 0.05) is 40.0 Å². The summed E-state index contributed by atoms with van der Waals surface area (Å²) in [6, 6.07) is 3.03. The van der Waals surface area contributed by atoms with Crippen molar-refractivity contribution in [2.45, 2.75) is 18.8 Å². The van der Waals surface area contributed by atoms with Crippen molar-refractivity contribution in [3.8, 4) is 0 Å². The van der Waals surface area contributed by atoms with E-state index in [9.17, 15) is 4.79 Å². The van der Waals surface area contributed by atoms with Gasteiger partial charge in [-0.2, -0.15) is 0 Å². The molecule has 2 aromatic rings. The Bertz CT molecular complexity index is 1050. The van der Waals surface area contributed by atoms with Gasteiger partial charge in [-0.1, -0.05) is 6.07 Å². The zero-order valence-electron chi connectivity index (χ0n) is 22.9. The molecule has 0 spiro atoms. The van der Waals surface area contributed by atoms with E-state index in [1.54, 1.807) is 0 Å². The molecule has 3 rings (SSSR count). The summed E-state index contributed by atoms with van der Waals surface area (Å²) in [7, 11) is 0. The van der Waals surface area contributed by atoms with Crippen LogP contribution >= 0.6 is 0 Å². The number of H-pyrrole nitrogens is 1. The van der Waals surface area contributed by atoms with Crippen LogP contribution in [0.2, 0.25) is 0 Å². The number of nitrogens with zero attached hydrogens (tertiary/aromatic N) is 1. The smallest absolute Gasteiger partial charge is 0.407 e. The van der Waals surface area contributed by atoms with Crippen molar-refractivity contribution in [3.05, 3.63) is 35.5 Å². The van der Waals surface area contributed by atoms with Crippen LogP contribution in [0.5, 0.6) is 0 Å². The second-order valence-electron chi connectivity index (χ2n) is 4.47. The number of cyclic esters (lactones) is 1. The van der Waals surface area contributed by atoms with Crippen molar-refractivity contribution in [2.24, 2.45) is 0 Å². The number of likely N-dealkylation sites (N-methyl/N-ethyl adjacent to an activating group) is 1. The Hall–Kier alpha value is -2.01. The molecule has 0 saturated carbocycles. The van der Waals surface area contributed by atoms with Gasteiger partial charge in [0.15, 0.2) is 0 Å². The van der Waals surface area contributed by atoms with E-state index in [4.69, 9.17) is 21.2 Å². The van der Waals surface area contributed by atoms with Crippen molar-refractivity contribution >= 4 is 17.0 Å². The Labute approximate surface area is 141 Å². The maximum atomic E-state index is 11.3. The molecule has 2 N–H and O–H groups in total. The quantitative estimate of drug-likeness (QED) is 0.887. The van der Waals surface area contributed by atoms with Gasteiger partial charge in [-0.3, -0.25) is 0 Å². The minimum atomic E-state index is -3.53. The molecule has 1 atom stereocenters. The van der Waals surface area contributed by atoms with Crippen molar-refractivity contribution in [2.75, 3.05) is 27.1 Å². The number of nitrogens with one attached hydrogen (secondary N) is 2. The summed E-state index contributed by atoms with van der Waals surface area (Å²) in [6.45, 7) is -10.7. The fourth-order valence-corrected chi connectivity index (χ4v) is 2.09. The maximum Gasteiger partial charge on any atom is 0.407 e. The number of carbonyl (C=O) groups excluding carboxylic acids is 1. The lowest BCUT2D eigenvalue weighted by atomic mass is 10.0. The van der Waals surface area contributed by atoms with Gasteiger partial charge in [0.25, 0.3) is 0 Å². The van der Waals surface area contributed by atoms with Crippen LogP contribution in [0.1, 0.15) is 27.6 Å². The molecule has 0 radical (unpaired) electrons. The van der Waals surface area contributed by atoms with E-state index in [0.717, 1.165) is 6.20 Å². The Balaban J connectivity index is 2.13. The standard InChI is InChI=1S/C16H21N3O2/c1-19(2)6-5-12-9-17-15-4-3-11(8-14(12)15)7-13-10-21-16(20)18-13/h3-4,8-9,13,17H,5-7,10H2,1-2H3,(H,18,20)/t13-/m0/s1/i1D3,2D3,5D2,6D2,7D2. The average Bonchev–Trinajstić information content (AvgIpc) is 3.24. The molecule has 1 aliphatic heterocycles. The van der Waals surface area contributed by atoms with E-state index in [-0.39, 0.29) is 23.1 Å². The summed E-state index contributed by atoms with van der Waals surface area (Å²) in [5.41, 5.74) is -0.0953. The molecule has 1 aromatic carbocycles. The molecule has 5 nitrogen and oxygen atoms in total. The Morgan fingerprint density at radius 3 is 3.19 bits per heavy atom. The van der Waals surface area contributed by atoms with Crippen molar-refractivity contribution in [1.29, 1.82) is 0 Å². The SMILES string of the molecule is [2H]C([2H])(c1ccc2[nH]cc(C([2H])([2H])C([2H])([2H])N(C([2H])([2H])[2H])C([2H])([2H])[2H])c2c1)[C@H]1COC(=O)N1. The predicted molar refractivity (Wildman–Crippen MR) is 82.5 cm³/mol. The van der Waals surface area contributed by atoms with Gasteiger partial charge in [0.2, 0.25) is 0 Å². The monoisotopic (exact) mass is 299 g/mol. The first-order valence-electron chi connectivity index (χ1n) is 12.2. The first-order chi connectivity index (χ1) is 14.8. The van der Waals surface area contributed by atoms with Gasteiger partial charge in [-0.15, -0.1) is 0 Å². The zero-order valence-corrected chi connectivity index (χ0v) is 10.9. The lowest BCUT2D eigenvalue weighted by Gasteiger charge is -2.09. The summed E-state index contributed by atoms with van der Waals surface area (Å²) in [4.78, 5) is 13.6. The highest BCUT2D eigenvalue weighted by Gasteiger charge is 2.22. The fraction of sp³-hybridized carbons (Fsp3) is 0.438. The van der Waals surface area contributed by atoms with Gasteiger partial charge in [0.1, 0.15) is 6.61 Å². The number of amides is 1. The number of ether oxygens (including phenoxy) is 1. The predicted octanol–water partition coefficient (Wildman–Crippen LogP) is 1.92. The molecule has 112 valence electrons. The third-order valence-electron chi connectivity index (χ3n) is 3.00. The van der Waals surface area contributed by atoms with E-state index < -0.39 is 55.8 Å². The van der Waals surface area contributed by atoms with Crippen LogP contribution in [0.15, 0.2) is 24.4 Å². The summed E-state index contributed by atoms with van der Waals surface area (Å²) in [5, 5.41) is 2.36. The lowest BCUT2D eigenvalue weighted by Crippen LogP contribution is -2.28. The first kappa shape index (κ1) is 5.65. The largest absolute Gasteiger partial charge is 0.447 e. The Morgan fingerprint density at radius 1 is 1.52 bits per heavy atom. The number of rotatable bonds is 5. The van der Waals surface area contributed by atoms with E-state index in [2.05, 4.69) is 10.3 Å². The molecule has 1 aromatic heterocycles. The molecule has 1 amide bonds. The molecule has 0 bridgehead atoms. The zero-order chi connectivity index (χ0) is 25.2. The molecule has 5 heteroatoms. The molecular weight excluding hydrogens is 266 g/mol. The van der Waals surface area contributed by atoms with E-state index >= 15 is 0 Å². The number of carbonyl (C=O) groups is 1. The fourth-order valence-electron chi connectivity index (χ4n) is 2.09. The highest BCUT2D eigenvalue weighted by atomic mass is 16.6. The number of aryl methyl sites for hydroxylation is 1. The van der Waals surface area contributed by atoms with Crippen LogP contribution in [0.25, 0.3) is 10.9 Å². The van der Waals surface area contributed by atoms with Gasteiger partial charge in [0.05, 0.1) is 6.04 Å². The molecular formula is C16H21N3O2. The topological polar surface area (TPSA) is 57.4 Å². The number of benzene rings is 1.